The fourth-order valence-corrected chi connectivity index (χ4v) is 0.859. The molecule has 0 amide bonds. The first-order chi connectivity index (χ1) is 5.49. The van der Waals surface area contributed by atoms with E-state index in [1.165, 1.54) is 12.4 Å². The Morgan fingerprint density at radius 1 is 1.33 bits per heavy atom. The zero-order chi connectivity index (χ0) is 9.19. The van der Waals surface area contributed by atoms with Crippen LogP contribution in [0.2, 0.25) is 0 Å². The van der Waals surface area contributed by atoms with Gasteiger partial charge in [0.25, 0.3) is 5.88 Å². The molecule has 0 fully saturated rings. The Morgan fingerprint density at radius 2 is 1.92 bits per heavy atom. The van der Waals surface area contributed by atoms with Gasteiger partial charge in [0.05, 0.1) is 0 Å². The van der Waals surface area contributed by atoms with Gasteiger partial charge in [0, 0.05) is 12.4 Å². The highest BCUT2D eigenvalue weighted by atomic mass is 32.2. The Hall–Kier alpha value is -1.41. The predicted molar refractivity (Wildman–Crippen MR) is 40.2 cm³/mol. The standard InChI is InChI=1S/C4H6N4O3S/c5-3-4(8-2-1-7-3)11-12(6,9)10/h1-2H,(H2,5,7)(H2,6,9,10). The molecular formula is C4H6N4O3S. The van der Waals surface area contributed by atoms with Crippen LogP contribution in [0.4, 0.5) is 5.82 Å². The first-order valence-corrected chi connectivity index (χ1v) is 4.25. The Labute approximate surface area is 68.6 Å². The molecule has 0 aliphatic carbocycles. The van der Waals surface area contributed by atoms with Crippen molar-refractivity contribution in [1.82, 2.24) is 9.97 Å². The van der Waals surface area contributed by atoms with E-state index in [2.05, 4.69) is 19.3 Å². The molecule has 66 valence electrons. The van der Waals surface area contributed by atoms with Gasteiger partial charge in [-0.05, 0) is 0 Å². The highest BCUT2D eigenvalue weighted by Crippen LogP contribution is 2.13. The smallest absolute Gasteiger partial charge is 0.379 e. The van der Waals surface area contributed by atoms with Gasteiger partial charge in [-0.3, -0.25) is 0 Å². The van der Waals surface area contributed by atoms with Gasteiger partial charge in [0.15, 0.2) is 5.82 Å². The number of hydrogen-bond donors (Lipinski definition) is 2. The average Bonchev–Trinajstić information content (AvgIpc) is 1.91. The van der Waals surface area contributed by atoms with Gasteiger partial charge in [0.2, 0.25) is 0 Å². The second-order valence-corrected chi connectivity index (χ2v) is 2.98. The van der Waals surface area contributed by atoms with Gasteiger partial charge in [-0.25, -0.2) is 9.97 Å². The van der Waals surface area contributed by atoms with Crippen molar-refractivity contribution < 1.29 is 12.6 Å². The Morgan fingerprint density at radius 3 is 2.42 bits per heavy atom. The van der Waals surface area contributed by atoms with E-state index in [-0.39, 0.29) is 11.7 Å². The normalized spacial score (nSPS) is 11.1. The highest BCUT2D eigenvalue weighted by molar-refractivity contribution is 7.84. The summed E-state index contributed by atoms with van der Waals surface area (Å²) in [6.45, 7) is 0. The Kier molecular flexibility index (Phi) is 2.11. The molecule has 1 aromatic rings. The third-order valence-electron chi connectivity index (χ3n) is 0.886. The summed E-state index contributed by atoms with van der Waals surface area (Å²) in [6, 6.07) is 0. The second kappa shape index (κ2) is 2.91. The lowest BCUT2D eigenvalue weighted by Gasteiger charge is -2.01. The molecule has 0 spiro atoms. The SMILES string of the molecule is Nc1nccnc1OS(N)(=O)=O. The van der Waals surface area contributed by atoms with Crippen LogP contribution in [0.15, 0.2) is 12.4 Å². The van der Waals surface area contributed by atoms with Crippen molar-refractivity contribution in [1.29, 1.82) is 0 Å². The van der Waals surface area contributed by atoms with E-state index < -0.39 is 10.3 Å². The molecule has 0 aliphatic rings. The van der Waals surface area contributed by atoms with Crippen molar-refractivity contribution in [3.63, 3.8) is 0 Å². The molecule has 1 heterocycles. The lowest BCUT2D eigenvalue weighted by molar-refractivity contribution is 0.477. The monoisotopic (exact) mass is 190 g/mol. The molecule has 12 heavy (non-hydrogen) atoms. The summed E-state index contributed by atoms with van der Waals surface area (Å²) < 4.78 is 25.0. The first kappa shape index (κ1) is 8.68. The summed E-state index contributed by atoms with van der Waals surface area (Å²) in [6.07, 6.45) is 2.53. The molecule has 7 nitrogen and oxygen atoms in total. The third kappa shape index (κ3) is 2.32. The fraction of sp³-hybridized carbons (Fsp3) is 0. The van der Waals surface area contributed by atoms with Crippen LogP contribution in [-0.4, -0.2) is 18.4 Å². The summed E-state index contributed by atoms with van der Waals surface area (Å²) in [4.78, 5) is 7.03. The predicted octanol–water partition coefficient (Wildman–Crippen LogP) is -1.36. The summed E-state index contributed by atoms with van der Waals surface area (Å²) in [5.74, 6) is -0.452. The molecule has 0 atom stereocenters. The van der Waals surface area contributed by atoms with Crippen molar-refractivity contribution in [3.8, 4) is 5.88 Å². The number of aromatic nitrogens is 2. The van der Waals surface area contributed by atoms with E-state index >= 15 is 0 Å². The maximum Gasteiger partial charge on any atom is 0.381 e. The minimum Gasteiger partial charge on any atom is -0.379 e. The van der Waals surface area contributed by atoms with Crippen LogP contribution in [0, 0.1) is 0 Å². The third-order valence-corrected chi connectivity index (χ3v) is 1.28. The van der Waals surface area contributed by atoms with Gasteiger partial charge in [-0.2, -0.15) is 13.6 Å². The van der Waals surface area contributed by atoms with Crippen LogP contribution in [0.1, 0.15) is 0 Å². The van der Waals surface area contributed by atoms with E-state index in [9.17, 15) is 8.42 Å². The molecule has 0 aromatic carbocycles. The van der Waals surface area contributed by atoms with Crippen molar-refractivity contribution >= 4 is 16.1 Å². The minimum atomic E-state index is -4.08. The van der Waals surface area contributed by atoms with Crippen LogP contribution in [0.3, 0.4) is 0 Å². The average molecular weight is 190 g/mol. The lowest BCUT2D eigenvalue weighted by Crippen LogP contribution is -2.20. The molecule has 4 N–H and O–H groups in total. The Bertz CT molecular complexity index is 376. The quantitative estimate of drug-likeness (QED) is 0.594. The zero-order valence-electron chi connectivity index (χ0n) is 5.84. The van der Waals surface area contributed by atoms with Gasteiger partial charge >= 0.3 is 10.3 Å². The molecule has 8 heteroatoms. The van der Waals surface area contributed by atoms with Crippen LogP contribution in [-0.2, 0) is 10.3 Å². The summed E-state index contributed by atoms with van der Waals surface area (Å²) in [5.41, 5.74) is 5.21. The maximum atomic E-state index is 10.4. The zero-order valence-corrected chi connectivity index (χ0v) is 6.65. The highest BCUT2D eigenvalue weighted by Gasteiger charge is 2.09. The topological polar surface area (TPSA) is 121 Å². The number of anilines is 1. The molecular weight excluding hydrogens is 184 g/mol. The van der Waals surface area contributed by atoms with E-state index in [4.69, 9.17) is 5.73 Å². The number of hydrogen-bond acceptors (Lipinski definition) is 6. The molecule has 0 saturated carbocycles. The Balaban J connectivity index is 2.98. The van der Waals surface area contributed by atoms with Gasteiger partial charge in [-0.1, -0.05) is 0 Å². The van der Waals surface area contributed by atoms with Crippen molar-refractivity contribution in [3.05, 3.63) is 12.4 Å². The van der Waals surface area contributed by atoms with Crippen LogP contribution in [0.25, 0.3) is 0 Å². The van der Waals surface area contributed by atoms with E-state index in [0.717, 1.165) is 0 Å². The van der Waals surface area contributed by atoms with E-state index in [1.807, 2.05) is 0 Å². The van der Waals surface area contributed by atoms with Gasteiger partial charge < -0.3 is 9.92 Å². The first-order valence-electron chi connectivity index (χ1n) is 2.78. The largest absolute Gasteiger partial charge is 0.381 e. The van der Waals surface area contributed by atoms with E-state index in [1.54, 1.807) is 0 Å². The molecule has 0 saturated heterocycles. The van der Waals surface area contributed by atoms with Crippen molar-refractivity contribution in [2.45, 2.75) is 0 Å². The van der Waals surface area contributed by atoms with Crippen molar-refractivity contribution in [2.24, 2.45) is 5.14 Å². The molecule has 1 aromatic heterocycles. The summed E-state index contributed by atoms with van der Waals surface area (Å²) in [5, 5.41) is 4.56. The van der Waals surface area contributed by atoms with Crippen LogP contribution in [0.5, 0.6) is 5.88 Å². The van der Waals surface area contributed by atoms with Crippen LogP contribution >= 0.6 is 0 Å². The molecule has 0 unspecified atom stereocenters. The van der Waals surface area contributed by atoms with Gasteiger partial charge in [-0.15, -0.1) is 0 Å². The second-order valence-electron chi connectivity index (χ2n) is 1.82. The lowest BCUT2D eigenvalue weighted by atomic mass is 10.6. The molecule has 0 bridgehead atoms. The van der Waals surface area contributed by atoms with Crippen molar-refractivity contribution in [2.75, 3.05) is 5.73 Å². The minimum absolute atomic E-state index is 0.133. The van der Waals surface area contributed by atoms with E-state index in [0.29, 0.717) is 0 Å². The van der Waals surface area contributed by atoms with Gasteiger partial charge in [0.1, 0.15) is 0 Å². The molecule has 0 aliphatic heterocycles. The number of rotatable bonds is 2. The molecule has 1 rings (SSSR count). The van der Waals surface area contributed by atoms with Crippen LogP contribution < -0.4 is 15.1 Å². The molecule has 0 radical (unpaired) electrons. The number of nitrogens with zero attached hydrogens (tertiary/aromatic N) is 2. The summed E-state index contributed by atoms with van der Waals surface area (Å²) in [7, 11) is -4.08. The number of nitrogens with two attached hydrogens (primary N) is 2. The fourth-order valence-electron chi connectivity index (χ4n) is 0.510. The maximum absolute atomic E-state index is 10.4. The number of nitrogen functional groups attached to an aromatic ring is 1. The summed E-state index contributed by atoms with van der Waals surface area (Å²) >= 11 is 0.